The van der Waals surface area contributed by atoms with Gasteiger partial charge in [0.25, 0.3) is 0 Å². The summed E-state index contributed by atoms with van der Waals surface area (Å²) in [6.45, 7) is 8.30. The molecule has 0 saturated carbocycles. The Labute approximate surface area is 179 Å². The van der Waals surface area contributed by atoms with Crippen molar-refractivity contribution in [3.63, 3.8) is 0 Å². The standard InChI is InChI=1S/C24H33N3O3/c1-29-24-5-3-2-4-22(24)27-14-12-25(13-15-27)11-10-23(28)20-6-8-21(9-7-20)26-16-18-30-19-17-26/h2-9,23,28H,10-19H2,1H3. The Balaban J connectivity index is 1.24. The van der Waals surface area contributed by atoms with Crippen molar-refractivity contribution in [2.24, 2.45) is 0 Å². The predicted octanol–water partition coefficient (Wildman–Crippen LogP) is 2.78. The molecule has 0 amide bonds. The van der Waals surface area contributed by atoms with E-state index in [1.54, 1.807) is 7.11 Å². The van der Waals surface area contributed by atoms with Crippen LogP contribution in [0.5, 0.6) is 5.75 Å². The SMILES string of the molecule is COc1ccccc1N1CCN(CCC(O)c2ccc(N3CCOCC3)cc2)CC1. The zero-order valence-corrected chi connectivity index (χ0v) is 17.9. The van der Waals surface area contributed by atoms with Gasteiger partial charge in [0.15, 0.2) is 0 Å². The van der Waals surface area contributed by atoms with E-state index in [1.807, 2.05) is 12.1 Å². The van der Waals surface area contributed by atoms with Gasteiger partial charge in [-0.1, -0.05) is 24.3 Å². The molecule has 2 aromatic carbocycles. The number of benzene rings is 2. The molecule has 2 fully saturated rings. The Morgan fingerprint density at radius 1 is 0.900 bits per heavy atom. The van der Waals surface area contributed by atoms with Crippen molar-refractivity contribution < 1.29 is 14.6 Å². The van der Waals surface area contributed by atoms with Gasteiger partial charge in [-0.05, 0) is 36.2 Å². The smallest absolute Gasteiger partial charge is 0.142 e. The second-order valence-electron chi connectivity index (χ2n) is 8.00. The van der Waals surface area contributed by atoms with Crippen molar-refractivity contribution in [2.75, 3.05) is 75.9 Å². The molecule has 30 heavy (non-hydrogen) atoms. The van der Waals surface area contributed by atoms with Crippen molar-refractivity contribution >= 4 is 11.4 Å². The third-order valence-electron chi connectivity index (χ3n) is 6.17. The van der Waals surface area contributed by atoms with E-state index < -0.39 is 6.10 Å². The Bertz CT molecular complexity index is 785. The van der Waals surface area contributed by atoms with Crippen molar-refractivity contribution in [1.29, 1.82) is 0 Å². The second kappa shape index (κ2) is 10.2. The molecule has 4 rings (SSSR count). The lowest BCUT2D eigenvalue weighted by atomic mass is 10.1. The fraction of sp³-hybridized carbons (Fsp3) is 0.500. The topological polar surface area (TPSA) is 48.4 Å². The fourth-order valence-corrected chi connectivity index (χ4v) is 4.30. The van der Waals surface area contributed by atoms with Crippen LogP contribution >= 0.6 is 0 Å². The largest absolute Gasteiger partial charge is 0.495 e. The van der Waals surface area contributed by atoms with Gasteiger partial charge < -0.3 is 24.4 Å². The molecule has 0 bridgehead atoms. The van der Waals surface area contributed by atoms with Crippen LogP contribution in [0.25, 0.3) is 0 Å². The van der Waals surface area contributed by atoms with Gasteiger partial charge in [-0.2, -0.15) is 0 Å². The van der Waals surface area contributed by atoms with E-state index in [0.717, 1.165) is 76.8 Å². The van der Waals surface area contributed by atoms with Crippen molar-refractivity contribution in [3.05, 3.63) is 54.1 Å². The average Bonchev–Trinajstić information content (AvgIpc) is 2.83. The first kappa shape index (κ1) is 21.0. The highest BCUT2D eigenvalue weighted by Crippen LogP contribution is 2.28. The van der Waals surface area contributed by atoms with Crippen LogP contribution in [0.2, 0.25) is 0 Å². The average molecular weight is 412 g/mol. The van der Waals surface area contributed by atoms with Gasteiger partial charge in [0.1, 0.15) is 5.75 Å². The summed E-state index contributed by atoms with van der Waals surface area (Å²) < 4.78 is 10.9. The van der Waals surface area contributed by atoms with Crippen molar-refractivity contribution in [2.45, 2.75) is 12.5 Å². The Morgan fingerprint density at radius 3 is 2.30 bits per heavy atom. The van der Waals surface area contributed by atoms with Crippen LogP contribution in [0.15, 0.2) is 48.5 Å². The molecule has 0 spiro atoms. The predicted molar refractivity (Wildman–Crippen MR) is 121 cm³/mol. The van der Waals surface area contributed by atoms with Crippen LogP contribution in [-0.2, 0) is 4.74 Å². The molecule has 0 aliphatic carbocycles. The molecule has 1 unspecified atom stereocenters. The summed E-state index contributed by atoms with van der Waals surface area (Å²) in [7, 11) is 1.73. The fourth-order valence-electron chi connectivity index (χ4n) is 4.30. The third kappa shape index (κ3) is 5.06. The number of aliphatic hydroxyl groups excluding tert-OH is 1. The summed E-state index contributed by atoms with van der Waals surface area (Å²) in [6.07, 6.45) is 0.335. The van der Waals surface area contributed by atoms with E-state index in [4.69, 9.17) is 9.47 Å². The molecular weight excluding hydrogens is 378 g/mol. The number of anilines is 2. The molecule has 2 aliphatic heterocycles. The molecule has 0 aromatic heterocycles. The quantitative estimate of drug-likeness (QED) is 0.756. The minimum atomic E-state index is -0.420. The number of piperazine rings is 1. The first-order valence-corrected chi connectivity index (χ1v) is 11.0. The van der Waals surface area contributed by atoms with Crippen LogP contribution in [-0.4, -0.2) is 76.1 Å². The molecule has 2 heterocycles. The lowest BCUT2D eigenvalue weighted by Crippen LogP contribution is -2.46. The number of para-hydroxylation sites is 2. The zero-order valence-electron chi connectivity index (χ0n) is 17.9. The molecule has 6 nitrogen and oxygen atoms in total. The van der Waals surface area contributed by atoms with Gasteiger partial charge in [0.05, 0.1) is 32.1 Å². The molecule has 2 saturated heterocycles. The van der Waals surface area contributed by atoms with E-state index >= 15 is 0 Å². The number of ether oxygens (including phenoxy) is 2. The van der Waals surface area contributed by atoms with Crippen LogP contribution < -0.4 is 14.5 Å². The van der Waals surface area contributed by atoms with Gasteiger partial charge in [-0.3, -0.25) is 4.90 Å². The van der Waals surface area contributed by atoms with E-state index in [1.165, 1.54) is 11.4 Å². The molecule has 6 heteroatoms. The summed E-state index contributed by atoms with van der Waals surface area (Å²) in [4.78, 5) is 7.16. The first-order chi connectivity index (χ1) is 14.7. The third-order valence-corrected chi connectivity index (χ3v) is 6.17. The highest BCUT2D eigenvalue weighted by Gasteiger charge is 2.20. The molecule has 2 aliphatic rings. The number of hydrogen-bond acceptors (Lipinski definition) is 6. The maximum atomic E-state index is 10.7. The number of nitrogens with zero attached hydrogens (tertiary/aromatic N) is 3. The molecular formula is C24H33N3O3. The number of aliphatic hydroxyl groups is 1. The number of rotatable bonds is 7. The maximum absolute atomic E-state index is 10.7. The van der Waals surface area contributed by atoms with Gasteiger partial charge in [0.2, 0.25) is 0 Å². The second-order valence-corrected chi connectivity index (χ2v) is 8.00. The number of morpholine rings is 1. The van der Waals surface area contributed by atoms with Gasteiger partial charge in [-0.25, -0.2) is 0 Å². The number of hydrogen-bond donors (Lipinski definition) is 1. The van der Waals surface area contributed by atoms with Crippen molar-refractivity contribution in [3.8, 4) is 5.75 Å². The van der Waals surface area contributed by atoms with E-state index in [2.05, 4.69) is 51.1 Å². The van der Waals surface area contributed by atoms with Crippen LogP contribution in [0.3, 0.4) is 0 Å². The molecule has 0 radical (unpaired) electrons. The lowest BCUT2D eigenvalue weighted by Gasteiger charge is -2.37. The zero-order chi connectivity index (χ0) is 20.8. The summed E-state index contributed by atoms with van der Waals surface area (Å²) >= 11 is 0. The van der Waals surface area contributed by atoms with E-state index in [0.29, 0.717) is 0 Å². The molecule has 1 N–H and O–H groups in total. The number of methoxy groups -OCH3 is 1. The summed E-state index contributed by atoms with van der Waals surface area (Å²) in [5.41, 5.74) is 3.38. The summed E-state index contributed by atoms with van der Waals surface area (Å²) in [5.74, 6) is 0.932. The van der Waals surface area contributed by atoms with Crippen LogP contribution in [0.1, 0.15) is 18.1 Å². The van der Waals surface area contributed by atoms with Gasteiger partial charge in [0, 0.05) is 51.5 Å². The van der Waals surface area contributed by atoms with Gasteiger partial charge >= 0.3 is 0 Å². The monoisotopic (exact) mass is 411 g/mol. The maximum Gasteiger partial charge on any atom is 0.142 e. The van der Waals surface area contributed by atoms with Crippen molar-refractivity contribution in [1.82, 2.24) is 4.90 Å². The Hall–Kier alpha value is -2.28. The minimum absolute atomic E-state index is 0.420. The molecule has 162 valence electrons. The highest BCUT2D eigenvalue weighted by molar-refractivity contribution is 5.58. The molecule has 1 atom stereocenters. The highest BCUT2D eigenvalue weighted by atomic mass is 16.5. The summed E-state index contributed by atoms with van der Waals surface area (Å²) in [5, 5.41) is 10.7. The van der Waals surface area contributed by atoms with E-state index in [9.17, 15) is 5.11 Å². The van der Waals surface area contributed by atoms with Crippen LogP contribution in [0, 0.1) is 0 Å². The Kier molecular flexibility index (Phi) is 7.10. The van der Waals surface area contributed by atoms with E-state index in [-0.39, 0.29) is 0 Å². The van der Waals surface area contributed by atoms with Gasteiger partial charge in [-0.15, -0.1) is 0 Å². The molecule has 2 aromatic rings. The summed E-state index contributed by atoms with van der Waals surface area (Å²) in [6, 6.07) is 16.6. The lowest BCUT2D eigenvalue weighted by molar-refractivity contribution is 0.122. The minimum Gasteiger partial charge on any atom is -0.495 e. The first-order valence-electron chi connectivity index (χ1n) is 11.0. The normalized spacial score (nSPS) is 19.0. The Morgan fingerprint density at radius 2 is 1.60 bits per heavy atom. The van der Waals surface area contributed by atoms with Crippen LogP contribution in [0.4, 0.5) is 11.4 Å².